The zero-order valence-electron chi connectivity index (χ0n) is 15.2. The topological polar surface area (TPSA) is 85.9 Å². The van der Waals surface area contributed by atoms with Crippen molar-refractivity contribution >= 4 is 34.3 Å². The molecule has 0 saturated carbocycles. The van der Waals surface area contributed by atoms with E-state index in [1.165, 1.54) is 6.33 Å². The fraction of sp³-hybridized carbons (Fsp3) is 0.375. The van der Waals surface area contributed by atoms with Crippen LogP contribution >= 0.6 is 0 Å². The van der Waals surface area contributed by atoms with Crippen molar-refractivity contribution in [2.24, 2.45) is 0 Å². The number of hydrogen-bond acceptors (Lipinski definition) is 7. The highest BCUT2D eigenvalue weighted by Gasteiger charge is 2.16. The van der Waals surface area contributed by atoms with Crippen molar-refractivity contribution in [2.75, 3.05) is 69.0 Å². The van der Waals surface area contributed by atoms with E-state index < -0.39 is 0 Å². The summed E-state index contributed by atoms with van der Waals surface area (Å²) in [6.07, 6.45) is 3.29. The van der Waals surface area contributed by atoms with E-state index in [2.05, 4.69) is 36.7 Å². The molecule has 8 nitrogen and oxygen atoms in total. The van der Waals surface area contributed by atoms with Gasteiger partial charge in [-0.2, -0.15) is 0 Å². The Bertz CT molecular complexity index is 668. The van der Waals surface area contributed by atoms with Crippen LogP contribution in [0.15, 0.2) is 24.7 Å². The summed E-state index contributed by atoms with van der Waals surface area (Å²) in [5.41, 5.74) is 8.04. The van der Waals surface area contributed by atoms with E-state index in [1.54, 1.807) is 6.20 Å². The van der Waals surface area contributed by atoms with Gasteiger partial charge in [0.25, 0.3) is 0 Å². The first-order chi connectivity index (χ1) is 11.4. The predicted octanol–water partition coefficient (Wildman–Crippen LogP) is 2.38. The van der Waals surface area contributed by atoms with E-state index in [0.717, 1.165) is 28.4 Å². The summed E-state index contributed by atoms with van der Waals surface area (Å²) < 4.78 is 0.554. The molecule has 0 radical (unpaired) electrons. The second-order valence-electron chi connectivity index (χ2n) is 6.23. The van der Waals surface area contributed by atoms with E-state index >= 15 is 0 Å². The maximum atomic E-state index is 4.39. The molecule has 130 valence electrons. The molecular weight excluding hydrogens is 304 g/mol. The molecule has 8 heteroatoms. The minimum Gasteiger partial charge on any atom is -0.388 e. The van der Waals surface area contributed by atoms with Crippen molar-refractivity contribution in [3.8, 4) is 0 Å². The third-order valence-electron chi connectivity index (χ3n) is 3.38. The third-order valence-corrected chi connectivity index (χ3v) is 3.38. The Balaban J connectivity index is 2.45. The molecule has 2 aromatic rings. The van der Waals surface area contributed by atoms with Gasteiger partial charge in [-0.25, -0.2) is 20.0 Å². The van der Waals surface area contributed by atoms with Crippen molar-refractivity contribution in [3.05, 3.63) is 24.7 Å². The SMILES string of the molecule is CNc1cc(NC)c(Nc2ncncc2N[N+](C)(C)C)c(NC)c1. The van der Waals surface area contributed by atoms with Crippen molar-refractivity contribution in [1.29, 1.82) is 0 Å². The third kappa shape index (κ3) is 4.17. The highest BCUT2D eigenvalue weighted by Crippen LogP contribution is 2.37. The minimum atomic E-state index is 0.554. The smallest absolute Gasteiger partial charge is 0.162 e. The summed E-state index contributed by atoms with van der Waals surface area (Å²) in [7, 11) is 11.8. The van der Waals surface area contributed by atoms with Crippen molar-refractivity contribution < 1.29 is 4.59 Å². The average molecular weight is 331 g/mol. The molecule has 0 aliphatic rings. The molecule has 1 aromatic carbocycles. The van der Waals surface area contributed by atoms with Gasteiger partial charge in [0.15, 0.2) is 5.82 Å². The summed E-state index contributed by atoms with van der Waals surface area (Å²) in [6.45, 7) is 0. The van der Waals surface area contributed by atoms with Crippen molar-refractivity contribution in [3.63, 3.8) is 0 Å². The molecule has 0 amide bonds. The molecule has 0 aliphatic heterocycles. The second kappa shape index (κ2) is 7.22. The van der Waals surface area contributed by atoms with Gasteiger partial charge in [0.2, 0.25) is 0 Å². The van der Waals surface area contributed by atoms with Crippen LogP contribution in [0.3, 0.4) is 0 Å². The van der Waals surface area contributed by atoms with E-state index in [9.17, 15) is 0 Å². The number of benzene rings is 1. The van der Waals surface area contributed by atoms with Gasteiger partial charge in [0, 0.05) is 26.8 Å². The van der Waals surface area contributed by atoms with Crippen LogP contribution in [0, 0.1) is 0 Å². The van der Waals surface area contributed by atoms with Gasteiger partial charge in [0.1, 0.15) is 12.0 Å². The lowest BCUT2D eigenvalue weighted by Gasteiger charge is -2.26. The first kappa shape index (κ1) is 17.6. The predicted molar refractivity (Wildman–Crippen MR) is 102 cm³/mol. The molecule has 24 heavy (non-hydrogen) atoms. The number of nitrogens with zero attached hydrogens (tertiary/aromatic N) is 3. The van der Waals surface area contributed by atoms with Crippen molar-refractivity contribution in [2.45, 2.75) is 0 Å². The summed E-state index contributed by atoms with van der Waals surface area (Å²) in [5.74, 6) is 0.711. The standard InChI is InChI=1S/C16H27N8/c1-17-11-7-12(18-2)15(13(8-11)19-3)22-16-14(9-20-10-21-16)23-24(4,5)6/h7-10,17-19,23H,1-6H3,(H,20,21,22)/q+1. The molecule has 1 heterocycles. The van der Waals surface area contributed by atoms with Gasteiger partial charge in [0.05, 0.1) is 44.4 Å². The Morgan fingerprint density at radius 1 is 0.875 bits per heavy atom. The summed E-state index contributed by atoms with van der Waals surface area (Å²) in [6, 6.07) is 4.08. The average Bonchev–Trinajstić information content (AvgIpc) is 2.55. The molecule has 0 bridgehead atoms. The minimum absolute atomic E-state index is 0.554. The largest absolute Gasteiger partial charge is 0.388 e. The molecule has 0 atom stereocenters. The quantitative estimate of drug-likeness (QED) is 0.393. The Morgan fingerprint density at radius 2 is 1.50 bits per heavy atom. The molecule has 1 aromatic heterocycles. The van der Waals surface area contributed by atoms with Crippen LogP contribution in [0.4, 0.5) is 34.3 Å². The molecular formula is C16H27N8+. The fourth-order valence-corrected chi connectivity index (χ4v) is 2.31. The lowest BCUT2D eigenvalue weighted by Crippen LogP contribution is -2.40. The lowest BCUT2D eigenvalue weighted by atomic mass is 10.2. The fourth-order valence-electron chi connectivity index (χ4n) is 2.31. The second-order valence-corrected chi connectivity index (χ2v) is 6.23. The van der Waals surface area contributed by atoms with E-state index in [-0.39, 0.29) is 0 Å². The molecule has 2 rings (SSSR count). The Kier molecular flexibility index (Phi) is 5.30. The van der Waals surface area contributed by atoms with Gasteiger partial charge in [-0.1, -0.05) is 0 Å². The lowest BCUT2D eigenvalue weighted by molar-refractivity contribution is -0.847. The van der Waals surface area contributed by atoms with Gasteiger partial charge >= 0.3 is 0 Å². The first-order valence-corrected chi connectivity index (χ1v) is 7.76. The van der Waals surface area contributed by atoms with E-state index in [4.69, 9.17) is 0 Å². The van der Waals surface area contributed by atoms with Crippen LogP contribution < -0.4 is 26.7 Å². The number of quaternary nitrogens is 1. The van der Waals surface area contributed by atoms with E-state index in [0.29, 0.717) is 10.4 Å². The van der Waals surface area contributed by atoms with Gasteiger partial charge in [-0.15, -0.1) is 0 Å². The first-order valence-electron chi connectivity index (χ1n) is 7.76. The molecule has 0 saturated heterocycles. The zero-order valence-corrected chi connectivity index (χ0v) is 15.2. The van der Waals surface area contributed by atoms with E-state index in [1.807, 2.05) is 54.4 Å². The van der Waals surface area contributed by atoms with Crippen molar-refractivity contribution in [1.82, 2.24) is 9.97 Å². The summed E-state index contributed by atoms with van der Waals surface area (Å²) in [5, 5.41) is 13.0. The Hall–Kier alpha value is -2.74. The zero-order chi connectivity index (χ0) is 17.7. The highest BCUT2D eigenvalue weighted by molar-refractivity contribution is 5.90. The van der Waals surface area contributed by atoms with Crippen LogP contribution in [0.25, 0.3) is 0 Å². The number of aromatic nitrogens is 2. The molecule has 0 aliphatic carbocycles. The number of nitrogens with one attached hydrogen (secondary N) is 5. The van der Waals surface area contributed by atoms with Gasteiger partial charge in [-0.05, 0) is 12.1 Å². The molecule has 0 spiro atoms. The van der Waals surface area contributed by atoms with Gasteiger partial charge in [-0.3, -0.25) is 0 Å². The van der Waals surface area contributed by atoms with Crippen LogP contribution in [0.5, 0.6) is 0 Å². The maximum Gasteiger partial charge on any atom is 0.162 e. The molecule has 5 N–H and O–H groups in total. The summed E-state index contributed by atoms with van der Waals surface area (Å²) in [4.78, 5) is 8.50. The number of rotatable bonds is 7. The number of hydrogen-bond donors (Lipinski definition) is 5. The number of anilines is 6. The summed E-state index contributed by atoms with van der Waals surface area (Å²) >= 11 is 0. The van der Waals surface area contributed by atoms with Crippen LogP contribution in [-0.2, 0) is 0 Å². The molecule has 0 fully saturated rings. The van der Waals surface area contributed by atoms with Gasteiger partial charge < -0.3 is 21.3 Å². The van der Waals surface area contributed by atoms with Crippen LogP contribution in [-0.4, -0.2) is 56.8 Å². The Labute approximate surface area is 143 Å². The van der Waals surface area contributed by atoms with Crippen LogP contribution in [0.2, 0.25) is 0 Å². The monoisotopic (exact) mass is 331 g/mol. The normalized spacial score (nSPS) is 10.9. The Morgan fingerprint density at radius 3 is 2.00 bits per heavy atom. The van der Waals surface area contributed by atoms with Crippen LogP contribution in [0.1, 0.15) is 0 Å². The highest BCUT2D eigenvalue weighted by atomic mass is 15.6. The maximum absolute atomic E-state index is 4.39. The molecule has 0 unspecified atom stereocenters.